The van der Waals surface area contributed by atoms with Gasteiger partial charge < -0.3 is 10.2 Å². The van der Waals surface area contributed by atoms with Crippen molar-refractivity contribution < 1.29 is 10.2 Å². The Kier molecular flexibility index (Phi) is 4.91. The quantitative estimate of drug-likeness (QED) is 0.609. The summed E-state index contributed by atoms with van der Waals surface area (Å²) in [5.41, 5.74) is 0.264. The molecule has 2 heterocycles. The number of hydrogen-bond donors (Lipinski definition) is 2. The Hall–Kier alpha value is -0.120. The number of aliphatic hydroxyl groups is 2. The van der Waals surface area contributed by atoms with E-state index in [1.165, 1.54) is 45.2 Å². The summed E-state index contributed by atoms with van der Waals surface area (Å²) in [5.74, 6) is 7.26. The Balaban J connectivity index is 1.26. The first-order valence-corrected chi connectivity index (χ1v) is 13.4. The molecule has 2 saturated heterocycles. The minimum Gasteiger partial charge on any atom is -0.393 e. The molecule has 170 valence electrons. The van der Waals surface area contributed by atoms with Gasteiger partial charge in [-0.2, -0.15) is 0 Å². The first-order chi connectivity index (χ1) is 14.3. The van der Waals surface area contributed by atoms with Crippen molar-refractivity contribution in [3.63, 3.8) is 0 Å². The number of rotatable bonds is 0. The average molecular weight is 416 g/mol. The zero-order chi connectivity index (χ0) is 20.8. The van der Waals surface area contributed by atoms with Crippen LogP contribution in [0.4, 0.5) is 0 Å². The molecule has 0 amide bonds. The maximum atomic E-state index is 11.2. The lowest BCUT2D eigenvalue weighted by atomic mass is 9.51. The maximum Gasteiger partial charge on any atom is 0.0577 e. The molecule has 0 unspecified atom stereocenters. The van der Waals surface area contributed by atoms with Gasteiger partial charge in [0.1, 0.15) is 0 Å². The minimum absolute atomic E-state index is 0.179. The molecular formula is C27H45NO2. The van der Waals surface area contributed by atoms with Crippen molar-refractivity contribution in [3.05, 3.63) is 0 Å². The fourth-order valence-corrected chi connectivity index (χ4v) is 10.6. The maximum absolute atomic E-state index is 11.2. The Morgan fingerprint density at radius 1 is 0.767 bits per heavy atom. The molecule has 0 radical (unpaired) electrons. The third kappa shape index (κ3) is 2.93. The SMILES string of the molecule is C[C@H]1C[C@H](C)[C@H]2C[C@H]3CC[C@@H]4[C@@H](C[C@H]5[C@H]4C[C@@H](O)[C@H]4C[C@@H](O)CC[C@@]45C)[C@@H]3CN2C1. The summed E-state index contributed by atoms with van der Waals surface area (Å²) in [5, 5.41) is 21.5. The summed E-state index contributed by atoms with van der Waals surface area (Å²) < 4.78 is 0. The highest BCUT2D eigenvalue weighted by atomic mass is 16.3. The van der Waals surface area contributed by atoms with Gasteiger partial charge in [0.15, 0.2) is 0 Å². The largest absolute Gasteiger partial charge is 0.393 e. The molecule has 0 aromatic heterocycles. The van der Waals surface area contributed by atoms with E-state index in [9.17, 15) is 10.2 Å². The fraction of sp³-hybridized carbons (Fsp3) is 1.00. The van der Waals surface area contributed by atoms with Crippen LogP contribution in [0.3, 0.4) is 0 Å². The van der Waals surface area contributed by atoms with Crippen LogP contribution >= 0.6 is 0 Å². The molecule has 13 atom stereocenters. The van der Waals surface area contributed by atoms with E-state index in [0.29, 0.717) is 5.92 Å². The van der Waals surface area contributed by atoms with Gasteiger partial charge in [-0.1, -0.05) is 20.8 Å². The topological polar surface area (TPSA) is 43.7 Å². The van der Waals surface area contributed by atoms with Crippen LogP contribution in [0.15, 0.2) is 0 Å². The van der Waals surface area contributed by atoms with E-state index in [-0.39, 0.29) is 17.6 Å². The molecule has 3 nitrogen and oxygen atoms in total. The predicted molar refractivity (Wildman–Crippen MR) is 120 cm³/mol. The average Bonchev–Trinajstić information content (AvgIpc) is 3.08. The third-order valence-corrected chi connectivity index (χ3v) is 11.8. The van der Waals surface area contributed by atoms with Crippen LogP contribution in [0.1, 0.15) is 78.6 Å². The minimum atomic E-state index is -0.180. The predicted octanol–water partition coefficient (Wildman–Crippen LogP) is 4.56. The third-order valence-electron chi connectivity index (χ3n) is 11.8. The van der Waals surface area contributed by atoms with Crippen LogP contribution in [0, 0.1) is 58.7 Å². The summed E-state index contributed by atoms with van der Waals surface area (Å²) in [4.78, 5) is 2.92. The molecule has 2 aliphatic heterocycles. The highest BCUT2D eigenvalue weighted by Crippen LogP contribution is 2.66. The molecule has 0 aromatic rings. The summed E-state index contributed by atoms with van der Waals surface area (Å²) in [6.45, 7) is 10.2. The summed E-state index contributed by atoms with van der Waals surface area (Å²) >= 11 is 0. The normalized spacial score (nSPS) is 60.7. The molecule has 6 aliphatic rings. The van der Waals surface area contributed by atoms with Gasteiger partial charge in [-0.25, -0.2) is 0 Å². The molecule has 30 heavy (non-hydrogen) atoms. The first kappa shape index (κ1) is 20.5. The summed E-state index contributed by atoms with van der Waals surface area (Å²) in [7, 11) is 0. The Labute approximate surface area is 184 Å². The van der Waals surface area contributed by atoms with E-state index in [4.69, 9.17) is 0 Å². The van der Waals surface area contributed by atoms with Gasteiger partial charge in [-0.05, 0) is 116 Å². The Morgan fingerprint density at radius 3 is 2.43 bits per heavy atom. The van der Waals surface area contributed by atoms with Gasteiger partial charge in [-0.3, -0.25) is 4.90 Å². The number of nitrogens with zero attached hydrogens (tertiary/aromatic N) is 1. The van der Waals surface area contributed by atoms with Gasteiger partial charge in [0.2, 0.25) is 0 Å². The van der Waals surface area contributed by atoms with Crippen molar-refractivity contribution in [2.24, 2.45) is 58.7 Å². The van der Waals surface area contributed by atoms with Crippen molar-refractivity contribution >= 4 is 0 Å². The van der Waals surface area contributed by atoms with Crippen LogP contribution in [0.2, 0.25) is 0 Å². The van der Waals surface area contributed by atoms with Crippen molar-refractivity contribution in [2.75, 3.05) is 13.1 Å². The molecule has 4 aliphatic carbocycles. The molecule has 6 fully saturated rings. The van der Waals surface area contributed by atoms with Gasteiger partial charge in [0.25, 0.3) is 0 Å². The van der Waals surface area contributed by atoms with Crippen LogP contribution < -0.4 is 0 Å². The van der Waals surface area contributed by atoms with Gasteiger partial charge >= 0.3 is 0 Å². The zero-order valence-corrected chi connectivity index (χ0v) is 19.5. The molecular weight excluding hydrogens is 370 g/mol. The Morgan fingerprint density at radius 2 is 1.60 bits per heavy atom. The van der Waals surface area contributed by atoms with E-state index in [2.05, 4.69) is 25.7 Å². The van der Waals surface area contributed by atoms with E-state index in [1.54, 1.807) is 0 Å². The number of fused-ring (bicyclic) bond motifs is 8. The zero-order valence-electron chi connectivity index (χ0n) is 19.5. The second kappa shape index (κ2) is 7.19. The fourth-order valence-electron chi connectivity index (χ4n) is 10.6. The van der Waals surface area contributed by atoms with Crippen molar-refractivity contribution in [3.8, 4) is 0 Å². The molecule has 0 aromatic carbocycles. The van der Waals surface area contributed by atoms with Crippen LogP contribution in [-0.4, -0.2) is 46.5 Å². The van der Waals surface area contributed by atoms with Crippen LogP contribution in [-0.2, 0) is 0 Å². The van der Waals surface area contributed by atoms with Crippen molar-refractivity contribution in [2.45, 2.75) is 96.8 Å². The highest BCUT2D eigenvalue weighted by Gasteiger charge is 2.62. The van der Waals surface area contributed by atoms with Crippen molar-refractivity contribution in [1.29, 1.82) is 0 Å². The lowest BCUT2D eigenvalue weighted by Gasteiger charge is -2.56. The van der Waals surface area contributed by atoms with E-state index >= 15 is 0 Å². The lowest BCUT2D eigenvalue weighted by Crippen LogP contribution is -2.57. The molecule has 4 saturated carbocycles. The first-order valence-electron chi connectivity index (χ1n) is 13.4. The molecule has 0 bridgehead atoms. The smallest absolute Gasteiger partial charge is 0.0577 e. The van der Waals surface area contributed by atoms with E-state index in [1.807, 2.05) is 0 Å². The highest BCUT2D eigenvalue weighted by molar-refractivity contribution is 5.11. The molecule has 3 heteroatoms. The number of hydrogen-bond acceptors (Lipinski definition) is 3. The summed E-state index contributed by atoms with van der Waals surface area (Å²) in [6, 6.07) is 0.853. The van der Waals surface area contributed by atoms with Crippen molar-refractivity contribution in [1.82, 2.24) is 4.90 Å². The molecule has 0 spiro atoms. The number of piperidine rings is 2. The standard InChI is InChI=1S/C27H45NO2/c1-15-8-16(2)25-9-17-4-5-19-20(22(17)14-28(25)13-15)11-23-21(19)12-26(30)24-10-18(29)6-7-27(23,24)3/h15-26,29-30H,4-14H2,1-3H3/t15-,16-,17+,18-,19+,20+,21-,22+,23-,24+,25+,26+,27+/m0/s1. The second-order valence-corrected chi connectivity index (χ2v) is 13.3. The Bertz CT molecular complexity index is 667. The molecule has 6 rings (SSSR count). The van der Waals surface area contributed by atoms with E-state index in [0.717, 1.165) is 79.1 Å². The van der Waals surface area contributed by atoms with Crippen LogP contribution in [0.25, 0.3) is 0 Å². The van der Waals surface area contributed by atoms with Gasteiger partial charge in [0.05, 0.1) is 12.2 Å². The monoisotopic (exact) mass is 415 g/mol. The molecule has 2 N–H and O–H groups in total. The summed E-state index contributed by atoms with van der Waals surface area (Å²) in [6.07, 6.45) is 10.8. The lowest BCUT2D eigenvalue weighted by molar-refractivity contribution is -0.129. The second-order valence-electron chi connectivity index (χ2n) is 13.3. The van der Waals surface area contributed by atoms with E-state index < -0.39 is 0 Å². The van der Waals surface area contributed by atoms with Crippen LogP contribution in [0.5, 0.6) is 0 Å². The number of aliphatic hydroxyl groups excluding tert-OH is 2. The van der Waals surface area contributed by atoms with Gasteiger partial charge in [0, 0.05) is 19.1 Å². The van der Waals surface area contributed by atoms with Gasteiger partial charge in [-0.15, -0.1) is 0 Å².